The zero-order valence-electron chi connectivity index (χ0n) is 13.1. The number of non-ortho nitro benzene ring substituents is 1. The molecule has 1 aromatic carbocycles. The normalized spacial score (nSPS) is 10.6. The Morgan fingerprint density at radius 1 is 1.36 bits per heavy atom. The maximum Gasteiger partial charge on any atom is 0.273 e. The first-order chi connectivity index (χ1) is 12.1. The Hall–Kier alpha value is -3.14. The molecule has 0 aliphatic heterocycles. The van der Waals surface area contributed by atoms with Crippen LogP contribution < -0.4 is 10.1 Å². The molecule has 3 rings (SSSR count). The number of nitrogens with one attached hydrogen (secondary N) is 1. The molecule has 0 saturated heterocycles. The van der Waals surface area contributed by atoms with E-state index in [1.54, 1.807) is 4.40 Å². The predicted molar refractivity (Wildman–Crippen MR) is 92.0 cm³/mol. The van der Waals surface area contributed by atoms with Gasteiger partial charge in [-0.15, -0.1) is 10.2 Å². The van der Waals surface area contributed by atoms with E-state index < -0.39 is 4.92 Å². The third-order valence-electron chi connectivity index (χ3n) is 3.28. The summed E-state index contributed by atoms with van der Waals surface area (Å²) in [5.74, 6) is 0.0424. The molecule has 0 atom stereocenters. The number of hydrogen-bond donors (Lipinski definition) is 1. The van der Waals surface area contributed by atoms with Gasteiger partial charge in [-0.1, -0.05) is 17.8 Å². The number of benzene rings is 1. The van der Waals surface area contributed by atoms with Crippen molar-refractivity contribution in [1.82, 2.24) is 14.6 Å². The molecule has 0 unspecified atom stereocenters. The van der Waals surface area contributed by atoms with Crippen LogP contribution in [0.5, 0.6) is 5.75 Å². The zero-order chi connectivity index (χ0) is 17.8. The number of rotatable bonds is 6. The third kappa shape index (κ3) is 3.69. The summed E-state index contributed by atoms with van der Waals surface area (Å²) >= 11 is 1.23. The number of thioether (sulfide) groups is 1. The Bertz CT molecular complexity index is 943. The van der Waals surface area contributed by atoms with Crippen molar-refractivity contribution in [2.45, 2.75) is 5.16 Å². The van der Waals surface area contributed by atoms with Gasteiger partial charge in [-0.3, -0.25) is 19.3 Å². The number of methoxy groups -OCH3 is 1. The number of anilines is 1. The molecule has 1 N–H and O–H groups in total. The van der Waals surface area contributed by atoms with Gasteiger partial charge in [0.2, 0.25) is 5.91 Å². The van der Waals surface area contributed by atoms with Crippen LogP contribution in [0.4, 0.5) is 11.4 Å². The molecule has 1 amide bonds. The fraction of sp³-hybridized carbons (Fsp3) is 0.133. The van der Waals surface area contributed by atoms with E-state index >= 15 is 0 Å². The van der Waals surface area contributed by atoms with Crippen LogP contribution in [0.2, 0.25) is 0 Å². The minimum Gasteiger partial charge on any atom is -0.494 e. The number of amides is 1. The molecule has 2 heterocycles. The van der Waals surface area contributed by atoms with Crippen LogP contribution in [0.15, 0.2) is 47.8 Å². The third-order valence-corrected chi connectivity index (χ3v) is 4.23. The highest BCUT2D eigenvalue weighted by atomic mass is 32.2. The average molecular weight is 359 g/mol. The fourth-order valence-corrected chi connectivity index (χ4v) is 2.86. The molecule has 0 radical (unpaired) electrons. The lowest BCUT2D eigenvalue weighted by atomic mass is 10.2. The number of hydrogen-bond acceptors (Lipinski definition) is 7. The number of carbonyl (C=O) groups excluding carboxylic acids is 1. The lowest BCUT2D eigenvalue weighted by molar-refractivity contribution is -0.384. The van der Waals surface area contributed by atoms with Crippen molar-refractivity contribution in [3.63, 3.8) is 0 Å². The van der Waals surface area contributed by atoms with E-state index in [2.05, 4.69) is 15.5 Å². The minimum atomic E-state index is -0.527. The van der Waals surface area contributed by atoms with Gasteiger partial charge in [0.1, 0.15) is 5.75 Å². The Morgan fingerprint density at radius 3 is 2.96 bits per heavy atom. The first-order valence-electron chi connectivity index (χ1n) is 7.13. The van der Waals surface area contributed by atoms with E-state index in [9.17, 15) is 14.9 Å². The van der Waals surface area contributed by atoms with Gasteiger partial charge in [0.25, 0.3) is 5.69 Å². The number of ether oxygens (including phenoxy) is 1. The van der Waals surface area contributed by atoms with Crippen LogP contribution in [0.3, 0.4) is 0 Å². The minimum absolute atomic E-state index is 0.107. The summed E-state index contributed by atoms with van der Waals surface area (Å²) in [6.45, 7) is 0. The highest BCUT2D eigenvalue weighted by Gasteiger charge is 2.14. The standard InChI is InChI=1S/C15H13N5O4S/c1-24-12-8-10(20(22)23)5-6-11(12)16-14(21)9-25-15-18-17-13-4-2-3-7-19(13)15/h2-8H,9H2,1H3,(H,16,21). The van der Waals surface area contributed by atoms with E-state index in [0.717, 1.165) is 0 Å². The van der Waals surface area contributed by atoms with Crippen LogP contribution in [-0.2, 0) is 4.79 Å². The van der Waals surface area contributed by atoms with E-state index in [0.29, 0.717) is 16.5 Å². The average Bonchev–Trinajstić information content (AvgIpc) is 3.03. The van der Waals surface area contributed by atoms with Crippen molar-refractivity contribution in [3.8, 4) is 5.75 Å². The van der Waals surface area contributed by atoms with Crippen LogP contribution >= 0.6 is 11.8 Å². The first-order valence-corrected chi connectivity index (χ1v) is 8.12. The second-order valence-electron chi connectivity index (χ2n) is 4.89. The smallest absolute Gasteiger partial charge is 0.273 e. The molecule has 9 nitrogen and oxygen atoms in total. The van der Waals surface area contributed by atoms with E-state index in [4.69, 9.17) is 4.74 Å². The first kappa shape index (κ1) is 16.7. The Kier molecular flexibility index (Phi) is 4.80. The number of nitro benzene ring substituents is 1. The molecule has 0 bridgehead atoms. The quantitative estimate of drug-likeness (QED) is 0.408. The molecule has 10 heteroatoms. The zero-order valence-corrected chi connectivity index (χ0v) is 13.9. The second kappa shape index (κ2) is 7.18. The van der Waals surface area contributed by atoms with Crippen molar-refractivity contribution in [1.29, 1.82) is 0 Å². The number of carbonyl (C=O) groups is 1. The van der Waals surface area contributed by atoms with Crippen molar-refractivity contribution in [2.24, 2.45) is 0 Å². The molecule has 0 aliphatic rings. The summed E-state index contributed by atoms with van der Waals surface area (Å²) in [4.78, 5) is 22.4. The van der Waals surface area contributed by atoms with Gasteiger partial charge in [-0.05, 0) is 18.2 Å². The lowest BCUT2D eigenvalue weighted by Crippen LogP contribution is -2.15. The Morgan fingerprint density at radius 2 is 2.20 bits per heavy atom. The maximum atomic E-state index is 12.2. The maximum absolute atomic E-state index is 12.2. The molecule has 0 fully saturated rings. The van der Waals surface area contributed by atoms with Crippen LogP contribution in [0.25, 0.3) is 5.65 Å². The molecule has 128 valence electrons. The molecule has 0 spiro atoms. The molecular formula is C15H13N5O4S. The van der Waals surface area contributed by atoms with Crippen molar-refractivity contribution in [3.05, 3.63) is 52.7 Å². The van der Waals surface area contributed by atoms with Crippen LogP contribution in [0, 0.1) is 10.1 Å². The van der Waals surface area contributed by atoms with Crippen LogP contribution in [-0.4, -0.2) is 38.3 Å². The number of aromatic nitrogens is 3. The van der Waals surface area contributed by atoms with Gasteiger partial charge in [0.15, 0.2) is 10.8 Å². The van der Waals surface area contributed by atoms with Crippen molar-refractivity contribution < 1.29 is 14.5 Å². The van der Waals surface area contributed by atoms with Gasteiger partial charge in [-0.25, -0.2) is 0 Å². The van der Waals surface area contributed by atoms with E-state index in [1.807, 2.05) is 24.4 Å². The highest BCUT2D eigenvalue weighted by molar-refractivity contribution is 7.99. The number of nitrogens with zero attached hydrogens (tertiary/aromatic N) is 4. The van der Waals surface area contributed by atoms with Crippen molar-refractivity contribution in [2.75, 3.05) is 18.2 Å². The topological polar surface area (TPSA) is 112 Å². The predicted octanol–water partition coefficient (Wildman–Crippen LogP) is 2.38. The molecule has 0 saturated carbocycles. The fourth-order valence-electron chi connectivity index (χ4n) is 2.13. The van der Waals surface area contributed by atoms with Gasteiger partial charge in [0.05, 0.1) is 29.5 Å². The van der Waals surface area contributed by atoms with E-state index in [-0.39, 0.29) is 23.1 Å². The van der Waals surface area contributed by atoms with Gasteiger partial charge < -0.3 is 10.1 Å². The highest BCUT2D eigenvalue weighted by Crippen LogP contribution is 2.29. The number of nitro groups is 1. The monoisotopic (exact) mass is 359 g/mol. The lowest BCUT2D eigenvalue weighted by Gasteiger charge is -2.09. The largest absolute Gasteiger partial charge is 0.494 e. The molecule has 2 aromatic heterocycles. The van der Waals surface area contributed by atoms with Gasteiger partial charge in [-0.2, -0.15) is 0 Å². The van der Waals surface area contributed by atoms with E-state index in [1.165, 1.54) is 37.1 Å². The Labute approximate surface area is 146 Å². The molecule has 3 aromatic rings. The molecule has 25 heavy (non-hydrogen) atoms. The van der Waals surface area contributed by atoms with Gasteiger partial charge in [0, 0.05) is 12.3 Å². The summed E-state index contributed by atoms with van der Waals surface area (Å²) < 4.78 is 6.87. The summed E-state index contributed by atoms with van der Waals surface area (Å²) in [5, 5.41) is 22.1. The second-order valence-corrected chi connectivity index (χ2v) is 5.83. The summed E-state index contributed by atoms with van der Waals surface area (Å²) in [6.07, 6.45) is 1.81. The van der Waals surface area contributed by atoms with Gasteiger partial charge >= 0.3 is 0 Å². The number of fused-ring (bicyclic) bond motifs is 1. The number of pyridine rings is 1. The Balaban J connectivity index is 1.67. The summed E-state index contributed by atoms with van der Waals surface area (Å²) in [5.41, 5.74) is 0.950. The summed E-state index contributed by atoms with van der Waals surface area (Å²) in [6, 6.07) is 9.52. The van der Waals surface area contributed by atoms with Crippen LogP contribution in [0.1, 0.15) is 0 Å². The summed E-state index contributed by atoms with van der Waals surface area (Å²) in [7, 11) is 1.38. The molecular weight excluding hydrogens is 346 g/mol. The van der Waals surface area contributed by atoms with Crippen molar-refractivity contribution >= 4 is 34.7 Å². The SMILES string of the molecule is COc1cc([N+](=O)[O-])ccc1NC(=O)CSc1nnc2ccccn12. The molecule has 0 aliphatic carbocycles.